The molecule has 2 saturated heterocycles. The summed E-state index contributed by atoms with van der Waals surface area (Å²) in [6.07, 6.45) is 2.33. The predicted octanol–water partition coefficient (Wildman–Crippen LogP) is 1.72. The fourth-order valence-electron chi connectivity index (χ4n) is 4.37. The Bertz CT molecular complexity index is 555. The highest BCUT2D eigenvalue weighted by Gasteiger charge is 2.39. The quantitative estimate of drug-likeness (QED) is 0.853. The lowest BCUT2D eigenvalue weighted by Crippen LogP contribution is -2.46. The third-order valence-corrected chi connectivity index (χ3v) is 5.84. The molecule has 25 heavy (non-hydrogen) atoms. The summed E-state index contributed by atoms with van der Waals surface area (Å²) in [6.45, 7) is 8.16. The Kier molecular flexibility index (Phi) is 5.97. The number of nitrogens with zero attached hydrogens (tertiary/aromatic N) is 2. The van der Waals surface area contributed by atoms with Gasteiger partial charge in [-0.15, -0.1) is 0 Å². The molecule has 5 nitrogen and oxygen atoms in total. The van der Waals surface area contributed by atoms with Crippen LogP contribution in [0, 0.1) is 11.8 Å². The second-order valence-corrected chi connectivity index (χ2v) is 7.75. The third kappa shape index (κ3) is 4.33. The summed E-state index contributed by atoms with van der Waals surface area (Å²) in [7, 11) is 0. The van der Waals surface area contributed by atoms with E-state index in [1.54, 1.807) is 0 Å². The lowest BCUT2D eigenvalue weighted by molar-refractivity contribution is -0.124. The van der Waals surface area contributed by atoms with E-state index in [2.05, 4.69) is 59.3 Å². The molecule has 1 aromatic carbocycles. The lowest BCUT2D eigenvalue weighted by Gasteiger charge is -2.38. The van der Waals surface area contributed by atoms with Gasteiger partial charge in [0, 0.05) is 44.0 Å². The van der Waals surface area contributed by atoms with Crippen LogP contribution in [0.4, 0.5) is 5.69 Å². The molecule has 0 saturated carbocycles. The summed E-state index contributed by atoms with van der Waals surface area (Å²) >= 11 is 0. The zero-order valence-electron chi connectivity index (χ0n) is 15.4. The number of anilines is 1. The first-order chi connectivity index (χ1) is 12.1. The largest absolute Gasteiger partial charge is 0.387 e. The number of piperidine rings is 1. The van der Waals surface area contributed by atoms with Crippen LogP contribution in [0.1, 0.15) is 26.7 Å². The number of benzene rings is 1. The van der Waals surface area contributed by atoms with Gasteiger partial charge in [0.05, 0.1) is 0 Å². The molecule has 0 unspecified atom stereocenters. The topological polar surface area (TPSA) is 55.8 Å². The maximum Gasteiger partial charge on any atom is 0.245 e. The van der Waals surface area contributed by atoms with Gasteiger partial charge >= 0.3 is 0 Å². The minimum absolute atomic E-state index is 0.159. The van der Waals surface area contributed by atoms with Crippen LogP contribution in [0.25, 0.3) is 0 Å². The van der Waals surface area contributed by atoms with Crippen molar-refractivity contribution < 1.29 is 9.90 Å². The monoisotopic (exact) mass is 345 g/mol. The number of nitrogens with one attached hydrogen (secondary N) is 1. The van der Waals surface area contributed by atoms with Crippen LogP contribution in [0.15, 0.2) is 30.3 Å². The first kappa shape index (κ1) is 18.2. The van der Waals surface area contributed by atoms with Crippen LogP contribution in [0.3, 0.4) is 0 Å². The van der Waals surface area contributed by atoms with Crippen LogP contribution >= 0.6 is 0 Å². The van der Waals surface area contributed by atoms with Gasteiger partial charge in [-0.05, 0) is 36.8 Å². The smallest absolute Gasteiger partial charge is 0.245 e. The van der Waals surface area contributed by atoms with Crippen molar-refractivity contribution in [3.05, 3.63) is 30.3 Å². The maximum absolute atomic E-state index is 11.6. The van der Waals surface area contributed by atoms with E-state index in [-0.39, 0.29) is 11.9 Å². The third-order valence-electron chi connectivity index (χ3n) is 5.84. The number of aliphatic hydroxyl groups excluding tert-OH is 1. The van der Waals surface area contributed by atoms with Crippen molar-refractivity contribution in [3.63, 3.8) is 0 Å². The Morgan fingerprint density at radius 2 is 1.88 bits per heavy atom. The number of aliphatic hydroxyl groups is 1. The van der Waals surface area contributed by atoms with Crippen molar-refractivity contribution in [3.8, 4) is 0 Å². The van der Waals surface area contributed by atoms with Gasteiger partial charge in [-0.3, -0.25) is 9.69 Å². The van der Waals surface area contributed by atoms with Crippen LogP contribution in [0.2, 0.25) is 0 Å². The van der Waals surface area contributed by atoms with E-state index < -0.39 is 6.61 Å². The van der Waals surface area contributed by atoms with Gasteiger partial charge in [0.2, 0.25) is 5.91 Å². The average Bonchev–Trinajstić information content (AvgIpc) is 3.06. The molecule has 1 aromatic rings. The molecule has 2 N–H and O–H groups in total. The van der Waals surface area contributed by atoms with Gasteiger partial charge in [-0.2, -0.15) is 0 Å². The predicted molar refractivity (Wildman–Crippen MR) is 101 cm³/mol. The molecular formula is C20H31N3O2. The van der Waals surface area contributed by atoms with Crippen molar-refractivity contribution in [1.82, 2.24) is 10.2 Å². The normalized spacial score (nSPS) is 25.5. The Morgan fingerprint density at radius 1 is 1.20 bits per heavy atom. The van der Waals surface area contributed by atoms with Crippen LogP contribution in [0.5, 0.6) is 0 Å². The molecule has 0 bridgehead atoms. The molecule has 2 aliphatic heterocycles. The number of hydrogen-bond acceptors (Lipinski definition) is 4. The zero-order valence-corrected chi connectivity index (χ0v) is 15.4. The SMILES string of the molecule is CC(C)[C@@H]1CN(C2CCN(c3ccccc3)CC2)C[C@H]1NC(=O)CO. The number of rotatable bonds is 5. The van der Waals surface area contributed by atoms with Crippen molar-refractivity contribution in [2.45, 2.75) is 38.8 Å². The summed E-state index contributed by atoms with van der Waals surface area (Å²) in [6, 6.07) is 11.4. The molecule has 0 spiro atoms. The Labute approximate surface area is 151 Å². The molecule has 2 fully saturated rings. The molecule has 0 aromatic heterocycles. The highest BCUT2D eigenvalue weighted by atomic mass is 16.3. The highest BCUT2D eigenvalue weighted by molar-refractivity contribution is 5.77. The first-order valence-electron chi connectivity index (χ1n) is 9.52. The minimum Gasteiger partial charge on any atom is -0.387 e. The summed E-state index contributed by atoms with van der Waals surface area (Å²) in [5.41, 5.74) is 1.32. The van der Waals surface area contributed by atoms with Gasteiger partial charge < -0.3 is 15.3 Å². The van der Waals surface area contributed by atoms with Gasteiger partial charge in [0.1, 0.15) is 6.61 Å². The van der Waals surface area contributed by atoms with E-state index in [9.17, 15) is 4.79 Å². The molecule has 138 valence electrons. The van der Waals surface area contributed by atoms with E-state index in [0.717, 1.165) is 26.2 Å². The number of carbonyl (C=O) groups is 1. The molecule has 3 rings (SSSR count). The molecule has 2 heterocycles. The van der Waals surface area contributed by atoms with Crippen molar-refractivity contribution in [2.75, 3.05) is 37.7 Å². The van der Waals surface area contributed by atoms with E-state index in [1.165, 1.54) is 18.5 Å². The highest BCUT2D eigenvalue weighted by Crippen LogP contribution is 2.30. The molecule has 1 amide bonds. The van der Waals surface area contributed by atoms with Crippen molar-refractivity contribution in [1.29, 1.82) is 0 Å². The number of amides is 1. The van der Waals surface area contributed by atoms with E-state index >= 15 is 0 Å². The number of hydrogen-bond donors (Lipinski definition) is 2. The molecular weight excluding hydrogens is 314 g/mol. The molecule has 5 heteroatoms. The number of para-hydroxylation sites is 1. The van der Waals surface area contributed by atoms with Crippen LogP contribution in [-0.4, -0.2) is 60.8 Å². The summed E-state index contributed by atoms with van der Waals surface area (Å²) in [5.74, 6) is 0.734. The molecule has 2 aliphatic rings. The Balaban J connectivity index is 1.57. The second kappa shape index (κ2) is 8.19. The number of likely N-dealkylation sites (tertiary alicyclic amines) is 1. The van der Waals surface area contributed by atoms with E-state index in [1.807, 2.05) is 0 Å². The first-order valence-corrected chi connectivity index (χ1v) is 9.52. The van der Waals surface area contributed by atoms with Gasteiger partial charge in [0.15, 0.2) is 0 Å². The van der Waals surface area contributed by atoms with Gasteiger partial charge in [-0.25, -0.2) is 0 Å². The maximum atomic E-state index is 11.6. The van der Waals surface area contributed by atoms with Gasteiger partial charge in [0.25, 0.3) is 0 Å². The zero-order chi connectivity index (χ0) is 17.8. The average molecular weight is 345 g/mol. The van der Waals surface area contributed by atoms with E-state index in [4.69, 9.17) is 5.11 Å². The fraction of sp³-hybridized carbons (Fsp3) is 0.650. The summed E-state index contributed by atoms with van der Waals surface area (Å²) < 4.78 is 0. The lowest BCUT2D eigenvalue weighted by atomic mass is 9.91. The minimum atomic E-state index is -0.420. The van der Waals surface area contributed by atoms with Crippen molar-refractivity contribution in [2.24, 2.45) is 11.8 Å². The summed E-state index contributed by atoms with van der Waals surface area (Å²) in [5, 5.41) is 12.1. The Hall–Kier alpha value is -1.59. The molecule has 2 atom stereocenters. The molecule has 0 aliphatic carbocycles. The van der Waals surface area contributed by atoms with Crippen LogP contribution in [-0.2, 0) is 4.79 Å². The Morgan fingerprint density at radius 3 is 2.48 bits per heavy atom. The van der Waals surface area contributed by atoms with E-state index in [0.29, 0.717) is 17.9 Å². The van der Waals surface area contributed by atoms with Gasteiger partial charge in [-0.1, -0.05) is 32.0 Å². The standard InChI is InChI=1S/C20H31N3O2/c1-15(2)18-12-23(13-19(18)21-20(25)14-24)17-8-10-22(11-9-17)16-6-4-3-5-7-16/h3-7,15,17-19,24H,8-14H2,1-2H3,(H,21,25)/t18-,19+/m0/s1. The van der Waals surface area contributed by atoms with Crippen molar-refractivity contribution >= 4 is 11.6 Å². The fourth-order valence-corrected chi connectivity index (χ4v) is 4.37. The van der Waals surface area contributed by atoms with Crippen LogP contribution < -0.4 is 10.2 Å². The molecule has 0 radical (unpaired) electrons. The second-order valence-electron chi connectivity index (χ2n) is 7.75. The summed E-state index contributed by atoms with van der Waals surface area (Å²) in [4.78, 5) is 16.7. The number of carbonyl (C=O) groups excluding carboxylic acids is 1.